The van der Waals surface area contributed by atoms with Gasteiger partial charge in [0.1, 0.15) is 5.82 Å². The molecule has 1 heterocycles. The summed E-state index contributed by atoms with van der Waals surface area (Å²) >= 11 is 0. The molecule has 0 saturated heterocycles. The van der Waals surface area contributed by atoms with E-state index in [0.717, 1.165) is 18.4 Å². The fourth-order valence-corrected chi connectivity index (χ4v) is 1.64. The van der Waals surface area contributed by atoms with Crippen molar-refractivity contribution in [2.24, 2.45) is 0 Å². The molecule has 2 rings (SSSR count). The molecule has 0 unspecified atom stereocenters. The number of nitrogen functional groups attached to an aromatic ring is 1. The Bertz CT molecular complexity index is 386. The third-order valence-corrected chi connectivity index (χ3v) is 2.66. The van der Waals surface area contributed by atoms with Crippen molar-refractivity contribution in [1.29, 1.82) is 0 Å². The number of amides is 1. The fraction of sp³-hybridized carbons (Fsp3) is 0.500. The maximum absolute atomic E-state index is 11.6. The third kappa shape index (κ3) is 4.03. The van der Waals surface area contributed by atoms with Crippen LogP contribution in [-0.4, -0.2) is 35.4 Å². The third-order valence-electron chi connectivity index (χ3n) is 2.66. The van der Waals surface area contributed by atoms with Gasteiger partial charge in [-0.3, -0.25) is 9.69 Å². The average molecular weight is 234 g/mol. The molecule has 1 amide bonds. The fourth-order valence-electron chi connectivity index (χ4n) is 1.64. The van der Waals surface area contributed by atoms with Crippen LogP contribution in [0.5, 0.6) is 0 Å². The molecule has 5 heteroatoms. The van der Waals surface area contributed by atoms with Gasteiger partial charge < -0.3 is 11.1 Å². The van der Waals surface area contributed by atoms with Crippen molar-refractivity contribution in [3.8, 4) is 0 Å². The first kappa shape index (κ1) is 11.9. The zero-order chi connectivity index (χ0) is 12.3. The smallest absolute Gasteiger partial charge is 0.234 e. The molecule has 3 N–H and O–H groups in total. The lowest BCUT2D eigenvalue weighted by molar-refractivity contribution is -0.122. The first-order valence-corrected chi connectivity index (χ1v) is 5.82. The maximum Gasteiger partial charge on any atom is 0.234 e. The Morgan fingerprint density at radius 2 is 2.35 bits per heavy atom. The molecule has 0 spiro atoms. The minimum Gasteiger partial charge on any atom is -0.384 e. The zero-order valence-corrected chi connectivity index (χ0v) is 10.0. The summed E-state index contributed by atoms with van der Waals surface area (Å²) in [5.74, 6) is 0.612. The Kier molecular flexibility index (Phi) is 3.58. The highest BCUT2D eigenvalue weighted by Crippen LogP contribution is 2.18. The van der Waals surface area contributed by atoms with Crippen LogP contribution in [0.2, 0.25) is 0 Å². The lowest BCUT2D eigenvalue weighted by Gasteiger charge is -2.16. The van der Waals surface area contributed by atoms with Crippen molar-refractivity contribution in [2.75, 3.05) is 19.3 Å². The first-order valence-electron chi connectivity index (χ1n) is 5.82. The summed E-state index contributed by atoms with van der Waals surface area (Å²) in [5.41, 5.74) is 6.57. The predicted molar refractivity (Wildman–Crippen MR) is 66.1 cm³/mol. The molecular weight excluding hydrogens is 216 g/mol. The minimum atomic E-state index is 0.0957. The molecule has 0 radical (unpaired) electrons. The molecule has 0 bridgehead atoms. The Balaban J connectivity index is 1.77. The highest BCUT2D eigenvalue weighted by molar-refractivity contribution is 5.78. The highest BCUT2D eigenvalue weighted by Gasteiger charge is 2.23. The first-order chi connectivity index (χ1) is 8.13. The summed E-state index contributed by atoms with van der Waals surface area (Å²) in [6, 6.07) is 4.12. The molecule has 1 fully saturated rings. The number of anilines is 1. The van der Waals surface area contributed by atoms with Gasteiger partial charge in [-0.2, -0.15) is 0 Å². The summed E-state index contributed by atoms with van der Waals surface area (Å²) in [7, 11) is 1.92. The van der Waals surface area contributed by atoms with Crippen molar-refractivity contribution in [2.45, 2.75) is 25.4 Å². The van der Waals surface area contributed by atoms with E-state index in [1.807, 2.05) is 18.0 Å². The van der Waals surface area contributed by atoms with Gasteiger partial charge in [0, 0.05) is 18.8 Å². The number of likely N-dealkylation sites (N-methyl/N-ethyl adjacent to an activating group) is 1. The van der Waals surface area contributed by atoms with Crippen LogP contribution in [0.15, 0.2) is 18.3 Å². The van der Waals surface area contributed by atoms with Crippen LogP contribution in [0.4, 0.5) is 5.82 Å². The van der Waals surface area contributed by atoms with Crippen LogP contribution >= 0.6 is 0 Å². The van der Waals surface area contributed by atoms with E-state index in [1.165, 1.54) is 0 Å². The van der Waals surface area contributed by atoms with E-state index < -0.39 is 0 Å². The number of nitrogens with zero attached hydrogens (tertiary/aromatic N) is 2. The number of hydrogen-bond donors (Lipinski definition) is 2. The van der Waals surface area contributed by atoms with Gasteiger partial charge in [-0.25, -0.2) is 4.98 Å². The van der Waals surface area contributed by atoms with Crippen molar-refractivity contribution in [3.63, 3.8) is 0 Å². The molecule has 0 aromatic carbocycles. The predicted octanol–water partition coefficient (Wildman–Crippen LogP) is 0.374. The standard InChI is InChI=1S/C12H18N4O/c1-16(8-12(17)15-10-3-4-10)7-9-2-5-11(13)14-6-9/h2,5-6,10H,3-4,7-8H2,1H3,(H2,13,14)(H,15,17). The zero-order valence-electron chi connectivity index (χ0n) is 10.0. The van der Waals surface area contributed by atoms with Gasteiger partial charge in [0.15, 0.2) is 0 Å². The van der Waals surface area contributed by atoms with Crippen LogP contribution in [0.3, 0.4) is 0 Å². The minimum absolute atomic E-state index is 0.0957. The Morgan fingerprint density at radius 3 is 2.94 bits per heavy atom. The van der Waals surface area contributed by atoms with Gasteiger partial charge in [-0.1, -0.05) is 6.07 Å². The number of rotatable bonds is 5. The number of carbonyl (C=O) groups is 1. The molecule has 1 aromatic rings. The molecule has 92 valence electrons. The largest absolute Gasteiger partial charge is 0.384 e. The lowest BCUT2D eigenvalue weighted by Crippen LogP contribution is -2.35. The Labute approximate surface area is 101 Å². The monoisotopic (exact) mass is 234 g/mol. The summed E-state index contributed by atoms with van der Waals surface area (Å²) < 4.78 is 0. The van der Waals surface area contributed by atoms with Crippen LogP contribution in [0, 0.1) is 0 Å². The van der Waals surface area contributed by atoms with Crippen molar-refractivity contribution in [3.05, 3.63) is 23.9 Å². The SMILES string of the molecule is CN(CC(=O)NC1CC1)Cc1ccc(N)nc1. The second kappa shape index (κ2) is 5.14. The van der Waals surface area contributed by atoms with Gasteiger partial charge in [-0.05, 0) is 31.5 Å². The van der Waals surface area contributed by atoms with Crippen LogP contribution in [0.1, 0.15) is 18.4 Å². The van der Waals surface area contributed by atoms with E-state index in [-0.39, 0.29) is 5.91 Å². The second-order valence-electron chi connectivity index (χ2n) is 4.61. The van der Waals surface area contributed by atoms with Gasteiger partial charge in [0.25, 0.3) is 0 Å². The molecule has 5 nitrogen and oxygen atoms in total. The summed E-state index contributed by atoms with van der Waals surface area (Å²) in [6.45, 7) is 1.12. The van der Waals surface area contributed by atoms with E-state index in [1.54, 1.807) is 12.3 Å². The van der Waals surface area contributed by atoms with E-state index >= 15 is 0 Å². The van der Waals surface area contributed by atoms with Crippen LogP contribution in [-0.2, 0) is 11.3 Å². The molecule has 17 heavy (non-hydrogen) atoms. The topological polar surface area (TPSA) is 71.2 Å². The Morgan fingerprint density at radius 1 is 1.59 bits per heavy atom. The van der Waals surface area contributed by atoms with Crippen molar-refractivity contribution in [1.82, 2.24) is 15.2 Å². The highest BCUT2D eigenvalue weighted by atomic mass is 16.2. The van der Waals surface area contributed by atoms with E-state index in [2.05, 4.69) is 10.3 Å². The molecule has 1 aromatic heterocycles. The number of nitrogens with two attached hydrogens (primary N) is 1. The number of pyridine rings is 1. The van der Waals surface area contributed by atoms with Gasteiger partial charge in [-0.15, -0.1) is 0 Å². The number of nitrogens with one attached hydrogen (secondary N) is 1. The van der Waals surface area contributed by atoms with Gasteiger partial charge >= 0.3 is 0 Å². The normalized spacial score (nSPS) is 14.9. The maximum atomic E-state index is 11.6. The molecule has 1 aliphatic rings. The average Bonchev–Trinajstić information content (AvgIpc) is 3.05. The second-order valence-corrected chi connectivity index (χ2v) is 4.61. The van der Waals surface area contributed by atoms with E-state index in [0.29, 0.717) is 24.9 Å². The van der Waals surface area contributed by atoms with Crippen LogP contribution in [0.25, 0.3) is 0 Å². The quantitative estimate of drug-likeness (QED) is 0.772. The number of aromatic nitrogens is 1. The van der Waals surface area contributed by atoms with Crippen molar-refractivity contribution >= 4 is 11.7 Å². The molecule has 0 aliphatic heterocycles. The summed E-state index contributed by atoms with van der Waals surface area (Å²) in [4.78, 5) is 17.5. The molecule has 1 aliphatic carbocycles. The van der Waals surface area contributed by atoms with E-state index in [9.17, 15) is 4.79 Å². The number of hydrogen-bond acceptors (Lipinski definition) is 4. The summed E-state index contributed by atoms with van der Waals surface area (Å²) in [6.07, 6.45) is 3.99. The summed E-state index contributed by atoms with van der Waals surface area (Å²) in [5, 5.41) is 2.96. The lowest BCUT2D eigenvalue weighted by atomic mass is 10.2. The molecular formula is C12H18N4O. The molecule has 1 saturated carbocycles. The van der Waals surface area contributed by atoms with E-state index in [4.69, 9.17) is 5.73 Å². The van der Waals surface area contributed by atoms with Crippen LogP contribution < -0.4 is 11.1 Å². The van der Waals surface area contributed by atoms with Gasteiger partial charge in [0.2, 0.25) is 5.91 Å². The molecule has 0 atom stereocenters. The number of carbonyl (C=O) groups excluding carboxylic acids is 1. The Hall–Kier alpha value is -1.62. The van der Waals surface area contributed by atoms with Gasteiger partial charge in [0.05, 0.1) is 6.54 Å². The van der Waals surface area contributed by atoms with Crippen molar-refractivity contribution < 1.29 is 4.79 Å².